The monoisotopic (exact) mass is 265 g/mol. The van der Waals surface area contributed by atoms with Crippen molar-refractivity contribution in [3.8, 4) is 5.75 Å². The van der Waals surface area contributed by atoms with E-state index in [1.54, 1.807) is 6.92 Å². The summed E-state index contributed by atoms with van der Waals surface area (Å²) in [5.74, 6) is 0.849. The molecule has 0 heterocycles. The minimum Gasteiger partial charge on any atom is -0.543 e. The molecule has 0 saturated heterocycles. The van der Waals surface area contributed by atoms with E-state index in [2.05, 4.69) is 39.0 Å². The van der Waals surface area contributed by atoms with Crippen molar-refractivity contribution in [1.29, 1.82) is 0 Å². The van der Waals surface area contributed by atoms with E-state index in [-0.39, 0.29) is 5.04 Å². The lowest BCUT2D eigenvalue weighted by atomic mass is 10.1. The van der Waals surface area contributed by atoms with Crippen molar-refractivity contribution in [2.24, 2.45) is 5.16 Å². The zero-order valence-corrected chi connectivity index (χ0v) is 13.1. The number of rotatable bonds is 3. The van der Waals surface area contributed by atoms with Gasteiger partial charge in [-0.3, -0.25) is 0 Å². The Bertz CT molecular complexity index is 447. The van der Waals surface area contributed by atoms with Crippen molar-refractivity contribution in [1.82, 2.24) is 0 Å². The summed E-state index contributed by atoms with van der Waals surface area (Å²) in [6.45, 7) is 12.8. The van der Waals surface area contributed by atoms with Gasteiger partial charge in [0.05, 0.1) is 5.71 Å². The van der Waals surface area contributed by atoms with Crippen LogP contribution in [0.25, 0.3) is 0 Å². The van der Waals surface area contributed by atoms with Crippen LogP contribution >= 0.6 is 0 Å². The molecule has 1 aromatic rings. The largest absolute Gasteiger partial charge is 0.543 e. The Labute approximate surface area is 111 Å². The summed E-state index contributed by atoms with van der Waals surface area (Å²) >= 11 is 0. The average Bonchev–Trinajstić information content (AvgIpc) is 2.26. The van der Waals surface area contributed by atoms with Crippen molar-refractivity contribution < 1.29 is 9.63 Å². The summed E-state index contributed by atoms with van der Waals surface area (Å²) in [5, 5.41) is 12.2. The molecule has 1 rings (SSSR count). The molecule has 0 atom stereocenters. The van der Waals surface area contributed by atoms with E-state index in [9.17, 15) is 0 Å². The third-order valence-electron chi connectivity index (χ3n) is 3.58. The lowest BCUT2D eigenvalue weighted by Gasteiger charge is -2.36. The maximum absolute atomic E-state index is 8.80. The highest BCUT2D eigenvalue weighted by atomic mass is 28.4. The van der Waals surface area contributed by atoms with Crippen LogP contribution in [0, 0.1) is 0 Å². The molecule has 3 nitrogen and oxygen atoms in total. The molecule has 4 heteroatoms. The van der Waals surface area contributed by atoms with E-state index in [0.29, 0.717) is 5.71 Å². The van der Waals surface area contributed by atoms with E-state index in [4.69, 9.17) is 9.63 Å². The van der Waals surface area contributed by atoms with Crippen LogP contribution in [-0.2, 0) is 0 Å². The molecule has 0 aliphatic rings. The van der Waals surface area contributed by atoms with Crippen molar-refractivity contribution in [3.05, 3.63) is 29.8 Å². The molecule has 0 bridgehead atoms. The van der Waals surface area contributed by atoms with Crippen LogP contribution in [0.4, 0.5) is 0 Å². The second-order valence-corrected chi connectivity index (χ2v) is 10.8. The Balaban J connectivity index is 3.00. The molecule has 100 valence electrons. The Morgan fingerprint density at radius 1 is 1.28 bits per heavy atom. The Hall–Kier alpha value is -1.29. The molecule has 0 aromatic heterocycles. The van der Waals surface area contributed by atoms with Crippen LogP contribution in [0.1, 0.15) is 33.3 Å². The van der Waals surface area contributed by atoms with Gasteiger partial charge >= 0.3 is 0 Å². The summed E-state index contributed by atoms with van der Waals surface area (Å²) in [5.41, 5.74) is 1.48. The van der Waals surface area contributed by atoms with Crippen LogP contribution in [-0.4, -0.2) is 19.2 Å². The minimum atomic E-state index is -1.82. The van der Waals surface area contributed by atoms with Crippen LogP contribution < -0.4 is 4.43 Å². The summed E-state index contributed by atoms with van der Waals surface area (Å²) in [6.07, 6.45) is 0. The van der Waals surface area contributed by atoms with E-state index < -0.39 is 8.32 Å². The molecule has 0 fully saturated rings. The first-order valence-corrected chi connectivity index (χ1v) is 9.06. The smallest absolute Gasteiger partial charge is 0.250 e. The molecule has 0 radical (unpaired) electrons. The molecule has 0 aliphatic carbocycles. The minimum absolute atomic E-state index is 0.170. The highest BCUT2D eigenvalue weighted by Crippen LogP contribution is 2.37. The number of benzene rings is 1. The Morgan fingerprint density at radius 2 is 1.89 bits per heavy atom. The number of nitrogens with zero attached hydrogens (tertiary/aromatic N) is 1. The summed E-state index contributed by atoms with van der Waals surface area (Å²) < 4.78 is 6.20. The lowest BCUT2D eigenvalue weighted by molar-refractivity contribution is 0.319. The van der Waals surface area contributed by atoms with Crippen LogP contribution in [0.2, 0.25) is 18.1 Å². The lowest BCUT2D eigenvalue weighted by Crippen LogP contribution is -2.43. The maximum atomic E-state index is 8.80. The fourth-order valence-electron chi connectivity index (χ4n) is 1.29. The van der Waals surface area contributed by atoms with E-state index in [1.807, 2.05) is 24.3 Å². The van der Waals surface area contributed by atoms with Gasteiger partial charge in [0, 0.05) is 5.56 Å². The third-order valence-corrected chi connectivity index (χ3v) is 7.94. The van der Waals surface area contributed by atoms with Gasteiger partial charge in [-0.25, -0.2) is 0 Å². The average molecular weight is 265 g/mol. The number of hydrogen-bond acceptors (Lipinski definition) is 3. The highest BCUT2D eigenvalue weighted by Gasteiger charge is 2.38. The molecular formula is C14H23NO2Si. The van der Waals surface area contributed by atoms with Crippen molar-refractivity contribution in [2.75, 3.05) is 0 Å². The summed E-state index contributed by atoms with van der Waals surface area (Å²) in [4.78, 5) is 0. The van der Waals surface area contributed by atoms with Gasteiger partial charge in [0.15, 0.2) is 0 Å². The zero-order chi connectivity index (χ0) is 14.0. The standard InChI is InChI=1S/C14H23NO2Si/c1-11(15-16)12-8-7-9-13(10-12)17-18(5,6)14(2,3)4/h7-10,16H,1-6H3. The fourth-order valence-corrected chi connectivity index (χ4v) is 2.31. The zero-order valence-electron chi connectivity index (χ0n) is 12.1. The van der Waals surface area contributed by atoms with Crippen LogP contribution in [0.3, 0.4) is 0 Å². The predicted molar refractivity (Wildman–Crippen MR) is 78.3 cm³/mol. The second kappa shape index (κ2) is 5.14. The van der Waals surface area contributed by atoms with Crippen molar-refractivity contribution >= 4 is 14.0 Å². The molecule has 0 saturated carbocycles. The Kier molecular flexibility index (Phi) is 4.22. The normalized spacial score (nSPS) is 13.6. The van der Waals surface area contributed by atoms with Crippen LogP contribution in [0.5, 0.6) is 5.75 Å². The first-order chi connectivity index (χ1) is 8.17. The van der Waals surface area contributed by atoms with Crippen LogP contribution in [0.15, 0.2) is 29.4 Å². The van der Waals surface area contributed by atoms with Gasteiger partial charge in [-0.15, -0.1) is 0 Å². The predicted octanol–water partition coefficient (Wildman–Crippen LogP) is 4.27. The van der Waals surface area contributed by atoms with E-state index in [0.717, 1.165) is 11.3 Å². The van der Waals surface area contributed by atoms with Gasteiger partial charge in [-0.2, -0.15) is 0 Å². The second-order valence-electron chi connectivity index (χ2n) is 6.08. The molecule has 0 aliphatic heterocycles. The first kappa shape index (κ1) is 14.8. The maximum Gasteiger partial charge on any atom is 0.250 e. The third kappa shape index (κ3) is 3.35. The quantitative estimate of drug-likeness (QED) is 0.384. The fraction of sp³-hybridized carbons (Fsp3) is 0.500. The SMILES string of the molecule is CC(=NO)c1cccc(O[Si](C)(C)C(C)(C)C)c1. The van der Waals surface area contributed by atoms with Gasteiger partial charge in [0.2, 0.25) is 8.32 Å². The topological polar surface area (TPSA) is 41.8 Å². The molecule has 1 N–H and O–H groups in total. The van der Waals surface area contributed by atoms with E-state index in [1.165, 1.54) is 0 Å². The highest BCUT2D eigenvalue weighted by molar-refractivity contribution is 6.74. The number of oxime groups is 1. The molecular weight excluding hydrogens is 242 g/mol. The molecule has 0 unspecified atom stereocenters. The van der Waals surface area contributed by atoms with Crippen molar-refractivity contribution in [3.63, 3.8) is 0 Å². The molecule has 0 spiro atoms. The summed E-state index contributed by atoms with van der Waals surface area (Å²) in [6, 6.07) is 7.71. The van der Waals surface area contributed by atoms with Gasteiger partial charge in [-0.1, -0.05) is 38.1 Å². The van der Waals surface area contributed by atoms with Crippen molar-refractivity contribution in [2.45, 2.75) is 45.8 Å². The summed E-state index contributed by atoms with van der Waals surface area (Å²) in [7, 11) is -1.82. The van der Waals surface area contributed by atoms with E-state index >= 15 is 0 Å². The number of hydrogen-bond donors (Lipinski definition) is 1. The molecule has 1 aromatic carbocycles. The van der Waals surface area contributed by atoms with Gasteiger partial charge in [0.25, 0.3) is 0 Å². The molecule has 18 heavy (non-hydrogen) atoms. The Morgan fingerprint density at radius 3 is 2.39 bits per heavy atom. The van der Waals surface area contributed by atoms with Gasteiger partial charge < -0.3 is 9.63 Å². The molecule has 0 amide bonds. The van der Waals surface area contributed by atoms with Gasteiger partial charge in [0.1, 0.15) is 5.75 Å². The van der Waals surface area contributed by atoms with Gasteiger partial charge in [-0.05, 0) is 37.2 Å². The first-order valence-electron chi connectivity index (χ1n) is 6.15.